The second kappa shape index (κ2) is 10.1. The van der Waals surface area contributed by atoms with E-state index < -0.39 is 0 Å². The third-order valence-electron chi connectivity index (χ3n) is 6.53. The average molecular weight is 434 g/mol. The highest BCUT2D eigenvalue weighted by molar-refractivity contribution is 6.21. The van der Waals surface area contributed by atoms with E-state index >= 15 is 0 Å². The van der Waals surface area contributed by atoms with Crippen LogP contribution in [0, 0.1) is 0 Å². The zero-order valence-corrected chi connectivity index (χ0v) is 18.7. The smallest absolute Gasteiger partial charge is 0.261 e. The van der Waals surface area contributed by atoms with Gasteiger partial charge in [0.1, 0.15) is 0 Å². The van der Waals surface area contributed by atoms with Crippen LogP contribution in [0.15, 0.2) is 48.5 Å². The highest BCUT2D eigenvalue weighted by Gasteiger charge is 2.34. The molecule has 3 amide bonds. The summed E-state index contributed by atoms with van der Waals surface area (Å²) in [5.74, 6) is -0.638. The van der Waals surface area contributed by atoms with E-state index in [1.54, 1.807) is 48.5 Å². The topological polar surface area (TPSA) is 69.7 Å². The van der Waals surface area contributed by atoms with Crippen LogP contribution in [-0.4, -0.2) is 53.2 Å². The maximum absolute atomic E-state index is 12.5. The van der Waals surface area contributed by atoms with Crippen LogP contribution in [0.1, 0.15) is 75.7 Å². The molecule has 6 heteroatoms. The third-order valence-corrected chi connectivity index (χ3v) is 6.53. The molecule has 2 aliphatic heterocycles. The van der Waals surface area contributed by atoms with Gasteiger partial charge in [0, 0.05) is 18.2 Å². The van der Waals surface area contributed by atoms with Crippen LogP contribution in [0.5, 0.6) is 0 Å². The summed E-state index contributed by atoms with van der Waals surface area (Å²) >= 11 is 0. The Bertz CT molecular complexity index is 951. The Morgan fingerprint density at radius 2 is 1.66 bits per heavy atom. The lowest BCUT2D eigenvalue weighted by molar-refractivity contribution is 0.0641. The summed E-state index contributed by atoms with van der Waals surface area (Å²) in [6.07, 6.45) is 5.98. The lowest BCUT2D eigenvalue weighted by Crippen LogP contribution is -2.38. The number of benzene rings is 2. The number of nitrogens with zero attached hydrogens (tertiary/aromatic N) is 2. The Labute approximate surface area is 189 Å². The van der Waals surface area contributed by atoms with Crippen LogP contribution in [0.25, 0.3) is 0 Å². The van der Waals surface area contributed by atoms with Crippen LogP contribution >= 0.6 is 0 Å². The molecule has 2 aliphatic rings. The molecule has 2 aromatic carbocycles. The van der Waals surface area contributed by atoms with Gasteiger partial charge in [0.25, 0.3) is 17.7 Å². The minimum atomic E-state index is -0.272. The van der Waals surface area contributed by atoms with Crippen molar-refractivity contribution in [3.05, 3.63) is 70.8 Å². The first-order valence-electron chi connectivity index (χ1n) is 11.6. The zero-order valence-electron chi connectivity index (χ0n) is 18.7. The third kappa shape index (κ3) is 4.91. The van der Waals surface area contributed by atoms with Crippen LogP contribution in [0.3, 0.4) is 0 Å². The average Bonchev–Trinajstić information content (AvgIpc) is 3.05. The molecule has 1 atom stereocenters. The van der Waals surface area contributed by atoms with Gasteiger partial charge in [0.05, 0.1) is 17.7 Å². The summed E-state index contributed by atoms with van der Waals surface area (Å²) in [7, 11) is 0. The highest BCUT2D eigenvalue weighted by atomic mass is 16.2. The van der Waals surface area contributed by atoms with Gasteiger partial charge >= 0.3 is 0 Å². The second-order valence-electron chi connectivity index (χ2n) is 8.78. The first-order valence-corrected chi connectivity index (χ1v) is 11.6. The van der Waals surface area contributed by atoms with Crippen molar-refractivity contribution in [3.63, 3.8) is 0 Å². The van der Waals surface area contributed by atoms with Crippen molar-refractivity contribution >= 4 is 17.7 Å². The molecule has 0 spiro atoms. The molecule has 0 aromatic heterocycles. The minimum Gasteiger partial charge on any atom is -0.352 e. The predicted molar refractivity (Wildman–Crippen MR) is 124 cm³/mol. The molecule has 0 radical (unpaired) electrons. The van der Waals surface area contributed by atoms with E-state index in [0.717, 1.165) is 24.9 Å². The van der Waals surface area contributed by atoms with Crippen LogP contribution in [0.4, 0.5) is 0 Å². The number of hydrogen-bond acceptors (Lipinski definition) is 4. The summed E-state index contributed by atoms with van der Waals surface area (Å²) in [6, 6.07) is 14.6. The van der Waals surface area contributed by atoms with E-state index in [2.05, 4.69) is 17.1 Å². The summed E-state index contributed by atoms with van der Waals surface area (Å²) in [6.45, 7) is 5.46. The molecule has 4 rings (SSSR count). The molecule has 1 unspecified atom stereocenters. The first-order chi connectivity index (χ1) is 15.5. The van der Waals surface area contributed by atoms with Gasteiger partial charge < -0.3 is 10.2 Å². The van der Waals surface area contributed by atoms with Gasteiger partial charge in [0.15, 0.2) is 0 Å². The first kappa shape index (κ1) is 22.2. The number of amides is 3. The van der Waals surface area contributed by atoms with Crippen molar-refractivity contribution < 1.29 is 14.4 Å². The van der Waals surface area contributed by atoms with E-state index in [0.29, 0.717) is 29.3 Å². The molecule has 1 fully saturated rings. The van der Waals surface area contributed by atoms with E-state index in [4.69, 9.17) is 0 Å². The fourth-order valence-corrected chi connectivity index (χ4v) is 4.56. The quantitative estimate of drug-likeness (QED) is 0.507. The minimum absolute atomic E-state index is 0.0939. The Hall–Kier alpha value is -2.99. The van der Waals surface area contributed by atoms with Crippen molar-refractivity contribution in [2.75, 3.05) is 19.6 Å². The van der Waals surface area contributed by atoms with E-state index in [9.17, 15) is 14.4 Å². The van der Waals surface area contributed by atoms with E-state index in [-0.39, 0.29) is 24.3 Å². The molecular weight excluding hydrogens is 402 g/mol. The van der Waals surface area contributed by atoms with Gasteiger partial charge in [-0.25, -0.2) is 0 Å². The van der Waals surface area contributed by atoms with Crippen molar-refractivity contribution in [2.24, 2.45) is 0 Å². The highest BCUT2D eigenvalue weighted by Crippen LogP contribution is 2.24. The molecule has 32 heavy (non-hydrogen) atoms. The SMILES string of the molecule is CC1CCCCN1CCCCNC(=O)c1ccc(CN2C(=O)c3ccccc3C2=O)cc1. The fraction of sp³-hybridized carbons (Fsp3) is 0.423. The Morgan fingerprint density at radius 3 is 2.31 bits per heavy atom. The predicted octanol–water partition coefficient (Wildman–Crippen LogP) is 3.87. The summed E-state index contributed by atoms with van der Waals surface area (Å²) in [5.41, 5.74) is 2.29. The lowest BCUT2D eigenvalue weighted by Gasteiger charge is -2.33. The van der Waals surface area contributed by atoms with Crippen molar-refractivity contribution in [1.29, 1.82) is 0 Å². The number of piperidine rings is 1. The van der Waals surface area contributed by atoms with Crippen LogP contribution in [0.2, 0.25) is 0 Å². The maximum atomic E-state index is 12.5. The van der Waals surface area contributed by atoms with Crippen LogP contribution in [-0.2, 0) is 6.54 Å². The lowest BCUT2D eigenvalue weighted by atomic mass is 10.0. The number of unbranched alkanes of at least 4 members (excludes halogenated alkanes) is 1. The number of likely N-dealkylation sites (tertiary alicyclic amines) is 1. The number of carbonyl (C=O) groups excluding carboxylic acids is 3. The van der Waals surface area contributed by atoms with Gasteiger partial charge in [-0.15, -0.1) is 0 Å². The molecule has 0 aliphatic carbocycles. The Balaban J connectivity index is 1.23. The van der Waals surface area contributed by atoms with Crippen molar-refractivity contribution in [3.8, 4) is 0 Å². The summed E-state index contributed by atoms with van der Waals surface area (Å²) in [4.78, 5) is 41.3. The molecule has 1 N–H and O–H groups in total. The molecule has 6 nitrogen and oxygen atoms in total. The molecule has 0 saturated carbocycles. The van der Waals surface area contributed by atoms with E-state index in [1.807, 2.05) is 0 Å². The molecule has 2 aromatic rings. The van der Waals surface area contributed by atoms with Crippen LogP contribution < -0.4 is 5.32 Å². The molecule has 1 saturated heterocycles. The Morgan fingerprint density at radius 1 is 0.969 bits per heavy atom. The molecule has 0 bridgehead atoms. The fourth-order valence-electron chi connectivity index (χ4n) is 4.56. The van der Waals surface area contributed by atoms with Gasteiger partial charge in [-0.1, -0.05) is 30.7 Å². The Kier molecular flexibility index (Phi) is 7.00. The second-order valence-corrected chi connectivity index (χ2v) is 8.78. The molecule has 2 heterocycles. The van der Waals surface area contributed by atoms with Gasteiger partial charge in [-0.05, 0) is 75.5 Å². The number of nitrogens with one attached hydrogen (secondary N) is 1. The maximum Gasteiger partial charge on any atom is 0.261 e. The number of imide groups is 1. The van der Waals surface area contributed by atoms with Crippen molar-refractivity contribution in [2.45, 2.75) is 51.6 Å². The number of carbonyl (C=O) groups is 3. The number of rotatable bonds is 8. The standard InChI is InChI=1S/C26H31N3O3/c1-19-8-4-6-16-28(19)17-7-5-15-27-24(30)21-13-11-20(12-14-21)18-29-25(31)22-9-2-3-10-23(22)26(29)32/h2-3,9-14,19H,4-8,15-18H2,1H3,(H,27,30). The largest absolute Gasteiger partial charge is 0.352 e. The van der Waals surface area contributed by atoms with Gasteiger partial charge in [0.2, 0.25) is 0 Å². The monoisotopic (exact) mass is 433 g/mol. The number of fused-ring (bicyclic) bond motifs is 1. The van der Waals surface area contributed by atoms with E-state index in [1.165, 1.54) is 30.7 Å². The van der Waals surface area contributed by atoms with Crippen molar-refractivity contribution in [1.82, 2.24) is 15.1 Å². The molecular formula is C26H31N3O3. The summed E-state index contributed by atoms with van der Waals surface area (Å²) < 4.78 is 0. The van der Waals surface area contributed by atoms with Gasteiger partial charge in [-0.3, -0.25) is 19.3 Å². The normalized spacial score (nSPS) is 18.7. The summed E-state index contributed by atoms with van der Waals surface area (Å²) in [5, 5.41) is 2.99. The number of hydrogen-bond donors (Lipinski definition) is 1. The zero-order chi connectivity index (χ0) is 22.5. The molecule has 168 valence electrons. The van der Waals surface area contributed by atoms with Gasteiger partial charge in [-0.2, -0.15) is 0 Å².